The first-order chi connectivity index (χ1) is 15.7. The SMILES string of the molecule is CCCCC1CN(c2ccc(F)cc2)c2cc(SC)c(O/C=C(\F)C(=O)O)cc2S(O)(O)C1. The molecule has 2 aromatic rings. The van der Waals surface area contributed by atoms with Crippen molar-refractivity contribution in [3.8, 4) is 5.75 Å². The van der Waals surface area contributed by atoms with Gasteiger partial charge in [0, 0.05) is 24.1 Å². The standard InChI is InChI=1S/C23H27F2NO5S2/c1-3-4-5-15-12-26(17-8-6-16(24)7-9-17)19-10-21(32-2)20(31-13-18(25)23(27)28)11-22(19)33(29,30)14-15/h6-11,13,15,29-30H,3-5,12,14H2,1-2H3,(H,27,28)/b18-13-. The van der Waals surface area contributed by atoms with Crippen molar-refractivity contribution in [2.75, 3.05) is 23.5 Å². The predicted molar refractivity (Wildman–Crippen MR) is 128 cm³/mol. The van der Waals surface area contributed by atoms with Gasteiger partial charge in [0.15, 0.2) is 0 Å². The number of fused-ring (bicyclic) bond motifs is 1. The molecule has 1 aliphatic rings. The molecule has 0 saturated carbocycles. The van der Waals surface area contributed by atoms with Gasteiger partial charge in [-0.25, -0.2) is 9.18 Å². The minimum atomic E-state index is -3.25. The van der Waals surface area contributed by atoms with E-state index in [4.69, 9.17) is 9.84 Å². The molecule has 6 nitrogen and oxygen atoms in total. The summed E-state index contributed by atoms with van der Waals surface area (Å²) in [4.78, 5) is 13.5. The molecule has 10 heteroatoms. The maximum Gasteiger partial charge on any atom is 0.368 e. The summed E-state index contributed by atoms with van der Waals surface area (Å²) >= 11 is 1.28. The lowest BCUT2D eigenvalue weighted by atomic mass is 10.0. The molecule has 1 unspecified atom stereocenters. The monoisotopic (exact) mass is 499 g/mol. The summed E-state index contributed by atoms with van der Waals surface area (Å²) in [5.41, 5.74) is 1.24. The molecule has 0 saturated heterocycles. The van der Waals surface area contributed by atoms with E-state index in [0.717, 1.165) is 19.3 Å². The zero-order valence-corrected chi connectivity index (χ0v) is 20.0. The highest BCUT2D eigenvalue weighted by Crippen LogP contribution is 2.59. The van der Waals surface area contributed by atoms with E-state index >= 15 is 0 Å². The number of unbranched alkanes of at least 4 members (excludes halogenated alkanes) is 1. The Morgan fingerprint density at radius 1 is 1.30 bits per heavy atom. The number of nitrogens with zero attached hydrogens (tertiary/aromatic N) is 1. The second-order valence-electron chi connectivity index (χ2n) is 7.79. The fourth-order valence-electron chi connectivity index (χ4n) is 3.78. The van der Waals surface area contributed by atoms with Crippen LogP contribution in [0.1, 0.15) is 26.2 Å². The highest BCUT2D eigenvalue weighted by atomic mass is 32.3. The largest absolute Gasteiger partial charge is 0.476 e. The van der Waals surface area contributed by atoms with Crippen molar-refractivity contribution in [2.45, 2.75) is 36.0 Å². The number of thioether (sulfide) groups is 1. The van der Waals surface area contributed by atoms with Gasteiger partial charge in [-0.3, -0.25) is 9.11 Å². The highest BCUT2D eigenvalue weighted by molar-refractivity contribution is 8.24. The molecule has 0 aromatic heterocycles. The first-order valence-electron chi connectivity index (χ1n) is 10.4. The van der Waals surface area contributed by atoms with Crippen LogP contribution in [-0.2, 0) is 4.79 Å². The van der Waals surface area contributed by atoms with E-state index in [0.29, 0.717) is 29.1 Å². The van der Waals surface area contributed by atoms with Gasteiger partial charge in [0.05, 0.1) is 15.5 Å². The Balaban J connectivity index is 2.15. The number of aliphatic carboxylic acids is 1. The number of ether oxygens (including phenoxy) is 1. The molecule has 0 bridgehead atoms. The van der Waals surface area contributed by atoms with Crippen molar-refractivity contribution in [3.63, 3.8) is 0 Å². The number of halogens is 2. The van der Waals surface area contributed by atoms with Crippen LogP contribution in [-0.4, -0.2) is 38.7 Å². The zero-order valence-electron chi connectivity index (χ0n) is 18.3. The van der Waals surface area contributed by atoms with Crippen molar-refractivity contribution in [3.05, 3.63) is 54.3 Å². The van der Waals surface area contributed by atoms with Gasteiger partial charge in [-0.15, -0.1) is 11.8 Å². The van der Waals surface area contributed by atoms with E-state index in [2.05, 4.69) is 6.92 Å². The molecular weight excluding hydrogens is 472 g/mol. The molecule has 0 fully saturated rings. The van der Waals surface area contributed by atoms with Gasteiger partial charge >= 0.3 is 5.97 Å². The molecule has 3 N–H and O–H groups in total. The number of benzene rings is 2. The van der Waals surface area contributed by atoms with Gasteiger partial charge in [0.25, 0.3) is 0 Å². The molecule has 180 valence electrons. The van der Waals surface area contributed by atoms with Crippen LogP contribution in [0.2, 0.25) is 0 Å². The van der Waals surface area contributed by atoms with Crippen LogP contribution < -0.4 is 9.64 Å². The van der Waals surface area contributed by atoms with Crippen LogP contribution >= 0.6 is 22.4 Å². The molecule has 0 amide bonds. The van der Waals surface area contributed by atoms with E-state index in [-0.39, 0.29) is 28.1 Å². The Labute approximate surface area is 197 Å². The van der Waals surface area contributed by atoms with Gasteiger partial charge < -0.3 is 14.7 Å². The quantitative estimate of drug-likeness (QED) is 0.207. The van der Waals surface area contributed by atoms with Gasteiger partial charge in [-0.1, -0.05) is 19.8 Å². The average molecular weight is 500 g/mol. The third kappa shape index (κ3) is 6.00. The number of carbonyl (C=O) groups is 1. The van der Waals surface area contributed by atoms with Crippen molar-refractivity contribution in [1.29, 1.82) is 0 Å². The fraction of sp³-hybridized carbons (Fsp3) is 0.348. The van der Waals surface area contributed by atoms with E-state index in [1.165, 1.54) is 30.0 Å². The second kappa shape index (κ2) is 10.8. The molecule has 2 aromatic carbocycles. The first-order valence-corrected chi connectivity index (χ1v) is 13.4. The van der Waals surface area contributed by atoms with Crippen LogP contribution in [0.3, 0.4) is 0 Å². The number of carboxylic acid groups (broad SMARTS) is 1. The summed E-state index contributed by atoms with van der Waals surface area (Å²) in [7, 11) is -3.25. The summed E-state index contributed by atoms with van der Waals surface area (Å²) in [6, 6.07) is 9.13. The average Bonchev–Trinajstić information content (AvgIpc) is 2.89. The highest BCUT2D eigenvalue weighted by Gasteiger charge is 2.34. The van der Waals surface area contributed by atoms with Crippen LogP contribution in [0.4, 0.5) is 20.2 Å². The van der Waals surface area contributed by atoms with Crippen LogP contribution in [0, 0.1) is 11.7 Å². The molecular formula is C23H27F2NO5S2. The van der Waals surface area contributed by atoms with Gasteiger partial charge in [-0.2, -0.15) is 15.0 Å². The fourth-order valence-corrected chi connectivity index (χ4v) is 6.23. The Morgan fingerprint density at radius 3 is 2.61 bits per heavy atom. The molecule has 1 heterocycles. The maximum atomic E-state index is 13.6. The van der Waals surface area contributed by atoms with E-state index < -0.39 is 22.4 Å². The number of carboxylic acids is 1. The third-order valence-electron chi connectivity index (χ3n) is 5.39. The molecule has 3 rings (SSSR count). The van der Waals surface area contributed by atoms with E-state index in [1.54, 1.807) is 24.5 Å². The lowest BCUT2D eigenvalue weighted by Gasteiger charge is -2.34. The minimum Gasteiger partial charge on any atom is -0.476 e. The summed E-state index contributed by atoms with van der Waals surface area (Å²) in [5, 5.41) is 8.74. The molecule has 33 heavy (non-hydrogen) atoms. The van der Waals surface area contributed by atoms with Crippen LogP contribution in [0.5, 0.6) is 5.75 Å². The van der Waals surface area contributed by atoms with Crippen LogP contribution in [0.25, 0.3) is 0 Å². The van der Waals surface area contributed by atoms with E-state index in [9.17, 15) is 22.7 Å². The molecule has 0 spiro atoms. The Bertz CT molecular complexity index is 1030. The number of rotatable bonds is 8. The number of hydrogen-bond donors (Lipinski definition) is 3. The van der Waals surface area contributed by atoms with Crippen molar-refractivity contribution < 1.29 is 32.5 Å². The van der Waals surface area contributed by atoms with Crippen molar-refractivity contribution in [1.82, 2.24) is 0 Å². The number of hydrogen-bond acceptors (Lipinski definition) is 6. The van der Waals surface area contributed by atoms with E-state index in [1.807, 2.05) is 4.90 Å². The lowest BCUT2D eigenvalue weighted by molar-refractivity contribution is -0.134. The Kier molecular flexibility index (Phi) is 8.28. The molecule has 0 radical (unpaired) electrons. The van der Waals surface area contributed by atoms with Crippen molar-refractivity contribution >= 4 is 39.7 Å². The maximum absolute atomic E-state index is 13.6. The first kappa shape index (κ1) is 25.4. The zero-order chi connectivity index (χ0) is 24.2. The lowest BCUT2D eigenvalue weighted by Crippen LogP contribution is -2.25. The Hall–Kier alpha value is -2.27. The van der Waals surface area contributed by atoms with Gasteiger partial charge in [0.2, 0.25) is 5.83 Å². The molecule has 0 aliphatic carbocycles. The normalized spacial score (nSPS) is 18.9. The van der Waals surface area contributed by atoms with Crippen molar-refractivity contribution in [2.24, 2.45) is 5.92 Å². The smallest absolute Gasteiger partial charge is 0.368 e. The Morgan fingerprint density at radius 2 is 2.00 bits per heavy atom. The number of anilines is 2. The topological polar surface area (TPSA) is 90.2 Å². The van der Waals surface area contributed by atoms with Gasteiger partial charge in [0.1, 0.15) is 17.8 Å². The third-order valence-corrected chi connectivity index (χ3v) is 8.12. The summed E-state index contributed by atoms with van der Waals surface area (Å²) in [6.07, 6.45) is 4.94. The van der Waals surface area contributed by atoms with Gasteiger partial charge in [-0.05, 0) is 48.9 Å². The molecule has 1 aliphatic heterocycles. The summed E-state index contributed by atoms with van der Waals surface area (Å²) in [5.74, 6) is -3.38. The molecule has 1 atom stereocenters. The summed E-state index contributed by atoms with van der Waals surface area (Å²) in [6.45, 7) is 2.58. The second-order valence-corrected chi connectivity index (χ2v) is 10.7. The summed E-state index contributed by atoms with van der Waals surface area (Å²) < 4.78 is 54.6. The van der Waals surface area contributed by atoms with Crippen LogP contribution in [0.15, 0.2) is 58.3 Å². The minimum absolute atomic E-state index is 0.0288. The predicted octanol–water partition coefficient (Wildman–Crippen LogP) is 6.89.